The quantitative estimate of drug-likeness (QED) is 0.188. The van der Waals surface area contributed by atoms with Gasteiger partial charge in [0.15, 0.2) is 20.4 Å². The molecule has 0 N–H and O–H groups in total. The molecule has 0 amide bonds. The lowest BCUT2D eigenvalue weighted by Gasteiger charge is -2.45. The fraction of sp³-hybridized carbons (Fsp3) is 0.957. The average Bonchev–Trinajstić information content (AvgIpc) is 2.66. The Kier molecular flexibility index (Phi) is 14.4. The monoisotopic (exact) mass is 477 g/mol. The SMILES string of the molecule is CC(C)N(C(C)C)P(OCOCCCSC(=O)C1CCN(C)CC1)N(C(C)C)C(C)C. The number of carbonyl (C=O) groups excluding carboxylic acids is 1. The maximum atomic E-state index is 12.4. The highest BCUT2D eigenvalue weighted by molar-refractivity contribution is 8.13. The lowest BCUT2D eigenvalue weighted by molar-refractivity contribution is -0.115. The normalized spacial score (nSPS) is 16.9. The zero-order valence-corrected chi connectivity index (χ0v) is 23.2. The topological polar surface area (TPSA) is 45.3 Å². The smallest absolute Gasteiger partial charge is 0.192 e. The molecule has 31 heavy (non-hydrogen) atoms. The predicted molar refractivity (Wildman–Crippen MR) is 135 cm³/mol. The van der Waals surface area contributed by atoms with E-state index in [0.29, 0.717) is 42.7 Å². The van der Waals surface area contributed by atoms with Crippen molar-refractivity contribution in [2.75, 3.05) is 39.3 Å². The number of ether oxygens (including phenoxy) is 1. The lowest BCUT2D eigenvalue weighted by atomic mass is 9.99. The standard InChI is InChI=1S/C23H48N3O3PS/c1-18(2)25(19(3)4)30(26(20(5)6)21(7)8)29-17-28-15-10-16-31-23(27)22-11-13-24(9)14-12-22/h18-22H,10-17H2,1-9H3. The molecule has 184 valence electrons. The van der Waals surface area contributed by atoms with Crippen LogP contribution < -0.4 is 0 Å². The Balaban J connectivity index is 2.43. The third-order valence-corrected chi connectivity index (χ3v) is 9.58. The van der Waals surface area contributed by atoms with Gasteiger partial charge in [-0.25, -0.2) is 9.34 Å². The molecule has 0 unspecified atom stereocenters. The third-order valence-electron chi connectivity index (χ3n) is 5.49. The van der Waals surface area contributed by atoms with Crippen LogP contribution in [0, 0.1) is 5.92 Å². The van der Waals surface area contributed by atoms with E-state index in [1.807, 2.05) is 0 Å². The number of hydrogen-bond acceptors (Lipinski definition) is 7. The van der Waals surface area contributed by atoms with Crippen LogP contribution in [-0.4, -0.2) is 82.8 Å². The van der Waals surface area contributed by atoms with Gasteiger partial charge in [0.25, 0.3) is 0 Å². The van der Waals surface area contributed by atoms with E-state index in [1.54, 1.807) is 0 Å². The Bertz CT molecular complexity index is 464. The molecule has 1 fully saturated rings. The number of rotatable bonds is 14. The van der Waals surface area contributed by atoms with Gasteiger partial charge in [0.1, 0.15) is 0 Å². The van der Waals surface area contributed by atoms with Gasteiger partial charge in [-0.15, -0.1) is 0 Å². The van der Waals surface area contributed by atoms with Crippen molar-refractivity contribution in [3.63, 3.8) is 0 Å². The Morgan fingerprint density at radius 3 is 1.90 bits per heavy atom. The summed E-state index contributed by atoms with van der Waals surface area (Å²) in [5.74, 6) is 1.07. The molecule has 0 aromatic rings. The molecule has 8 heteroatoms. The highest BCUT2D eigenvalue weighted by Gasteiger charge is 2.34. The van der Waals surface area contributed by atoms with Gasteiger partial charge in [-0.2, -0.15) is 0 Å². The van der Waals surface area contributed by atoms with Crippen molar-refractivity contribution < 1.29 is 14.1 Å². The summed E-state index contributed by atoms with van der Waals surface area (Å²) >= 11 is 1.48. The second-order valence-corrected chi connectivity index (χ2v) is 12.4. The van der Waals surface area contributed by atoms with Crippen LogP contribution in [0.2, 0.25) is 0 Å². The number of thioether (sulfide) groups is 1. The van der Waals surface area contributed by atoms with Crippen molar-refractivity contribution in [2.24, 2.45) is 5.92 Å². The van der Waals surface area contributed by atoms with Crippen molar-refractivity contribution in [2.45, 2.75) is 98.8 Å². The summed E-state index contributed by atoms with van der Waals surface area (Å²) in [6, 6.07) is 1.59. The van der Waals surface area contributed by atoms with Gasteiger partial charge in [-0.1, -0.05) is 11.8 Å². The van der Waals surface area contributed by atoms with E-state index in [2.05, 4.69) is 76.7 Å². The fourth-order valence-corrected chi connectivity index (χ4v) is 7.26. The lowest BCUT2D eigenvalue weighted by Crippen LogP contribution is -2.43. The molecule has 0 aliphatic carbocycles. The molecule has 0 spiro atoms. The first kappa shape index (κ1) is 29.3. The highest BCUT2D eigenvalue weighted by Crippen LogP contribution is 2.50. The minimum absolute atomic E-state index is 0.241. The third kappa shape index (κ3) is 10.4. The fourth-order valence-electron chi connectivity index (χ4n) is 4.07. The van der Waals surface area contributed by atoms with Crippen LogP contribution in [-0.2, 0) is 14.1 Å². The van der Waals surface area contributed by atoms with E-state index in [1.165, 1.54) is 11.8 Å². The molecule has 0 aromatic heterocycles. The molecule has 0 atom stereocenters. The summed E-state index contributed by atoms with van der Waals surface area (Å²) in [5.41, 5.74) is 0. The minimum Gasteiger partial charge on any atom is -0.355 e. The largest absolute Gasteiger partial charge is 0.355 e. The molecule has 0 saturated carbocycles. The van der Waals surface area contributed by atoms with Gasteiger partial charge < -0.3 is 14.2 Å². The maximum Gasteiger partial charge on any atom is 0.192 e. The van der Waals surface area contributed by atoms with Crippen molar-refractivity contribution >= 4 is 25.3 Å². The van der Waals surface area contributed by atoms with E-state index in [9.17, 15) is 4.79 Å². The van der Waals surface area contributed by atoms with Crippen LogP contribution in [0.5, 0.6) is 0 Å². The van der Waals surface area contributed by atoms with Gasteiger partial charge in [0, 0.05) is 35.8 Å². The van der Waals surface area contributed by atoms with E-state index in [4.69, 9.17) is 9.26 Å². The Morgan fingerprint density at radius 1 is 0.968 bits per heavy atom. The first-order chi connectivity index (χ1) is 14.6. The maximum absolute atomic E-state index is 12.4. The van der Waals surface area contributed by atoms with Crippen LogP contribution in [0.1, 0.15) is 74.7 Å². The molecule has 1 heterocycles. The zero-order valence-electron chi connectivity index (χ0n) is 21.5. The molecule has 0 radical (unpaired) electrons. The van der Waals surface area contributed by atoms with Crippen molar-refractivity contribution in [3.8, 4) is 0 Å². The first-order valence-corrected chi connectivity index (χ1v) is 14.1. The van der Waals surface area contributed by atoms with Crippen LogP contribution in [0.25, 0.3) is 0 Å². The first-order valence-electron chi connectivity index (χ1n) is 12.0. The average molecular weight is 478 g/mol. The summed E-state index contributed by atoms with van der Waals surface area (Å²) in [7, 11) is 1.21. The molecular weight excluding hydrogens is 429 g/mol. The van der Waals surface area contributed by atoms with Gasteiger partial charge in [0.2, 0.25) is 0 Å². The van der Waals surface area contributed by atoms with Crippen molar-refractivity contribution in [1.29, 1.82) is 0 Å². The molecular formula is C23H48N3O3PS. The van der Waals surface area contributed by atoms with E-state index in [0.717, 1.165) is 38.1 Å². The molecule has 1 saturated heterocycles. The molecule has 0 aromatic carbocycles. The second-order valence-electron chi connectivity index (χ2n) is 9.64. The number of piperidine rings is 1. The van der Waals surface area contributed by atoms with Crippen molar-refractivity contribution in [3.05, 3.63) is 0 Å². The van der Waals surface area contributed by atoms with Gasteiger partial charge in [-0.3, -0.25) is 4.79 Å². The molecule has 1 rings (SSSR count). The molecule has 1 aliphatic rings. The van der Waals surface area contributed by atoms with Crippen LogP contribution in [0.15, 0.2) is 0 Å². The highest BCUT2D eigenvalue weighted by atomic mass is 32.2. The van der Waals surface area contributed by atoms with Gasteiger partial charge >= 0.3 is 0 Å². The van der Waals surface area contributed by atoms with Crippen LogP contribution in [0.4, 0.5) is 0 Å². The van der Waals surface area contributed by atoms with E-state index >= 15 is 0 Å². The summed E-state index contributed by atoms with van der Waals surface area (Å²) < 4.78 is 17.1. The number of carbonyl (C=O) groups is 1. The minimum atomic E-state index is -0.914. The number of nitrogens with zero attached hydrogens (tertiary/aromatic N) is 3. The zero-order chi connectivity index (χ0) is 23.6. The van der Waals surface area contributed by atoms with Gasteiger partial charge in [-0.05, 0) is 94.8 Å². The predicted octanol–water partition coefficient (Wildman–Crippen LogP) is 5.43. The van der Waals surface area contributed by atoms with E-state index < -0.39 is 8.45 Å². The molecule has 6 nitrogen and oxygen atoms in total. The summed E-state index contributed by atoms with van der Waals surface area (Å²) in [5, 5.41) is 0.363. The number of likely N-dealkylation sites (tertiary alicyclic amines) is 1. The Labute approximate surface area is 197 Å². The van der Waals surface area contributed by atoms with Crippen LogP contribution >= 0.6 is 20.2 Å². The summed E-state index contributed by atoms with van der Waals surface area (Å²) in [6.45, 7) is 20.9. The summed E-state index contributed by atoms with van der Waals surface area (Å²) in [6.07, 6.45) is 2.88. The van der Waals surface area contributed by atoms with E-state index in [-0.39, 0.29) is 5.92 Å². The molecule has 0 bridgehead atoms. The van der Waals surface area contributed by atoms with Gasteiger partial charge in [0.05, 0.1) is 6.61 Å². The Morgan fingerprint density at radius 2 is 1.45 bits per heavy atom. The number of hydrogen-bond donors (Lipinski definition) is 0. The summed E-state index contributed by atoms with van der Waals surface area (Å²) in [4.78, 5) is 14.7. The second kappa shape index (κ2) is 15.2. The van der Waals surface area contributed by atoms with Crippen LogP contribution in [0.3, 0.4) is 0 Å². The molecule has 1 aliphatic heterocycles. The Hall–Kier alpha value is 0.250. The van der Waals surface area contributed by atoms with Crippen molar-refractivity contribution in [1.82, 2.24) is 14.2 Å².